The summed E-state index contributed by atoms with van der Waals surface area (Å²) in [6.07, 6.45) is 1.37. The number of benzene rings is 2. The molecule has 2 rings (SSSR count). The smallest absolute Gasteiger partial charge is 0.266 e. The maximum absolute atomic E-state index is 13.2. The van der Waals surface area contributed by atoms with Gasteiger partial charge in [-0.2, -0.15) is 5.26 Å². The number of hydrogen-bond acceptors (Lipinski definition) is 2. The molecule has 0 bridgehead atoms. The highest BCUT2D eigenvalue weighted by Gasteiger charge is 2.10. The lowest BCUT2D eigenvalue weighted by molar-refractivity contribution is -0.112. The molecular weight excluding hydrogens is 286 g/mol. The number of aryl methyl sites for hydroxylation is 1. The first kappa shape index (κ1) is 15.4. The van der Waals surface area contributed by atoms with Crippen molar-refractivity contribution >= 4 is 17.7 Å². The summed E-state index contributed by atoms with van der Waals surface area (Å²) in [6.45, 7) is 1.59. The number of nitrogens with zero attached hydrogens (tertiary/aromatic N) is 1. The van der Waals surface area contributed by atoms with Crippen LogP contribution in [0.5, 0.6) is 0 Å². The van der Waals surface area contributed by atoms with E-state index in [1.165, 1.54) is 48.5 Å². The predicted octanol–water partition coefficient (Wildman–Crippen LogP) is 3.82. The number of carbonyl (C=O) groups is 1. The number of amides is 1. The zero-order valence-electron chi connectivity index (χ0n) is 11.7. The van der Waals surface area contributed by atoms with E-state index in [1.54, 1.807) is 13.0 Å². The van der Waals surface area contributed by atoms with Crippen LogP contribution in [0.25, 0.3) is 6.08 Å². The van der Waals surface area contributed by atoms with E-state index in [4.69, 9.17) is 5.26 Å². The molecule has 0 saturated heterocycles. The number of rotatable bonds is 3. The van der Waals surface area contributed by atoms with E-state index in [-0.39, 0.29) is 11.4 Å². The van der Waals surface area contributed by atoms with Crippen molar-refractivity contribution in [2.75, 3.05) is 5.32 Å². The van der Waals surface area contributed by atoms with Crippen LogP contribution in [-0.4, -0.2) is 5.91 Å². The number of anilines is 1. The van der Waals surface area contributed by atoms with Crippen molar-refractivity contribution in [2.45, 2.75) is 6.92 Å². The highest BCUT2D eigenvalue weighted by Crippen LogP contribution is 2.14. The van der Waals surface area contributed by atoms with Crippen molar-refractivity contribution in [2.24, 2.45) is 0 Å². The third-order valence-corrected chi connectivity index (χ3v) is 2.96. The van der Waals surface area contributed by atoms with Crippen LogP contribution in [0.4, 0.5) is 14.5 Å². The molecule has 0 fully saturated rings. The summed E-state index contributed by atoms with van der Waals surface area (Å²) < 4.78 is 26.0. The first-order valence-electron chi connectivity index (χ1n) is 6.44. The molecule has 2 aromatic rings. The van der Waals surface area contributed by atoms with Crippen LogP contribution in [0, 0.1) is 29.9 Å². The third kappa shape index (κ3) is 3.76. The van der Waals surface area contributed by atoms with Crippen LogP contribution in [0.2, 0.25) is 0 Å². The van der Waals surface area contributed by atoms with E-state index in [0.29, 0.717) is 16.8 Å². The fourth-order valence-electron chi connectivity index (χ4n) is 1.80. The van der Waals surface area contributed by atoms with E-state index in [0.717, 1.165) is 0 Å². The Morgan fingerprint density at radius 3 is 2.45 bits per heavy atom. The molecule has 3 nitrogen and oxygen atoms in total. The lowest BCUT2D eigenvalue weighted by Crippen LogP contribution is -2.13. The second-order valence-electron chi connectivity index (χ2n) is 4.64. The Hall–Kier alpha value is -3.00. The van der Waals surface area contributed by atoms with Crippen molar-refractivity contribution in [1.82, 2.24) is 0 Å². The number of halogens is 2. The van der Waals surface area contributed by atoms with Gasteiger partial charge in [-0.15, -0.1) is 0 Å². The molecule has 0 aromatic heterocycles. The number of nitriles is 1. The minimum atomic E-state index is -0.615. The maximum atomic E-state index is 13.2. The van der Waals surface area contributed by atoms with Gasteiger partial charge in [-0.25, -0.2) is 8.78 Å². The third-order valence-electron chi connectivity index (χ3n) is 2.96. The Morgan fingerprint density at radius 2 is 1.86 bits per heavy atom. The Morgan fingerprint density at radius 1 is 1.18 bits per heavy atom. The van der Waals surface area contributed by atoms with Crippen molar-refractivity contribution in [3.05, 3.63) is 70.8 Å². The summed E-state index contributed by atoms with van der Waals surface area (Å²) in [6, 6.07) is 11.3. The fraction of sp³-hybridized carbons (Fsp3) is 0.0588. The van der Waals surface area contributed by atoms with Crippen molar-refractivity contribution in [1.29, 1.82) is 5.26 Å². The second kappa shape index (κ2) is 6.64. The molecule has 0 radical (unpaired) electrons. The summed E-state index contributed by atoms with van der Waals surface area (Å²) in [5.74, 6) is -1.39. The van der Waals surface area contributed by atoms with E-state index >= 15 is 0 Å². The van der Waals surface area contributed by atoms with Gasteiger partial charge >= 0.3 is 0 Å². The van der Waals surface area contributed by atoms with Gasteiger partial charge in [-0.1, -0.05) is 6.07 Å². The van der Waals surface area contributed by atoms with E-state index in [2.05, 4.69) is 5.32 Å². The zero-order chi connectivity index (χ0) is 16.1. The van der Waals surface area contributed by atoms with Gasteiger partial charge in [-0.05, 0) is 60.5 Å². The molecular formula is C17H12F2N2O. The SMILES string of the molecule is Cc1cc(/C=C(/C#N)C(=O)Nc2ccc(F)cc2)ccc1F. The monoisotopic (exact) mass is 298 g/mol. The Bertz CT molecular complexity index is 774. The molecule has 110 valence electrons. The van der Waals surface area contributed by atoms with Crippen molar-refractivity contribution in [3.63, 3.8) is 0 Å². The standard InChI is InChI=1S/C17H12F2N2O/c1-11-8-12(2-7-16(11)19)9-13(10-20)17(22)21-15-5-3-14(18)4-6-15/h2-9H,1H3,(H,21,22)/b13-9-. The summed E-state index contributed by atoms with van der Waals surface area (Å²) in [5, 5.41) is 11.6. The van der Waals surface area contributed by atoms with E-state index in [9.17, 15) is 13.6 Å². The minimum absolute atomic E-state index is 0.129. The summed E-state index contributed by atoms with van der Waals surface area (Å²) in [5.41, 5.74) is 1.22. The average Bonchev–Trinajstić information content (AvgIpc) is 2.50. The van der Waals surface area contributed by atoms with Gasteiger partial charge in [0.2, 0.25) is 0 Å². The Labute approximate surface area is 126 Å². The largest absolute Gasteiger partial charge is 0.321 e. The minimum Gasteiger partial charge on any atom is -0.321 e. The highest BCUT2D eigenvalue weighted by atomic mass is 19.1. The number of nitrogens with one attached hydrogen (secondary N) is 1. The van der Waals surface area contributed by atoms with Crippen molar-refractivity contribution in [3.8, 4) is 6.07 Å². The summed E-state index contributed by atoms with van der Waals surface area (Å²) >= 11 is 0. The molecule has 0 unspecified atom stereocenters. The topological polar surface area (TPSA) is 52.9 Å². The second-order valence-corrected chi connectivity index (χ2v) is 4.64. The maximum Gasteiger partial charge on any atom is 0.266 e. The highest BCUT2D eigenvalue weighted by molar-refractivity contribution is 6.09. The van der Waals surface area contributed by atoms with Gasteiger partial charge in [0.25, 0.3) is 5.91 Å². The molecule has 0 aliphatic heterocycles. The fourth-order valence-corrected chi connectivity index (χ4v) is 1.80. The number of carbonyl (C=O) groups excluding carboxylic acids is 1. The average molecular weight is 298 g/mol. The molecule has 0 spiro atoms. The van der Waals surface area contributed by atoms with Gasteiger partial charge in [0.05, 0.1) is 0 Å². The Kier molecular flexibility index (Phi) is 4.64. The zero-order valence-corrected chi connectivity index (χ0v) is 11.7. The van der Waals surface area contributed by atoms with Gasteiger partial charge in [0.1, 0.15) is 23.3 Å². The molecule has 2 aromatic carbocycles. The van der Waals surface area contributed by atoms with Crippen LogP contribution in [-0.2, 0) is 4.79 Å². The molecule has 0 heterocycles. The quantitative estimate of drug-likeness (QED) is 0.692. The van der Waals surface area contributed by atoms with Crippen LogP contribution >= 0.6 is 0 Å². The van der Waals surface area contributed by atoms with Crippen LogP contribution in [0.15, 0.2) is 48.0 Å². The molecule has 22 heavy (non-hydrogen) atoms. The van der Waals surface area contributed by atoms with Gasteiger partial charge in [0.15, 0.2) is 0 Å². The molecule has 0 atom stereocenters. The molecule has 1 amide bonds. The first-order chi connectivity index (χ1) is 10.5. The molecule has 0 saturated carbocycles. The molecule has 0 aliphatic carbocycles. The first-order valence-corrected chi connectivity index (χ1v) is 6.44. The van der Waals surface area contributed by atoms with E-state index < -0.39 is 11.7 Å². The number of hydrogen-bond donors (Lipinski definition) is 1. The lowest BCUT2D eigenvalue weighted by Gasteiger charge is -2.04. The van der Waals surface area contributed by atoms with Crippen molar-refractivity contribution < 1.29 is 13.6 Å². The molecule has 5 heteroatoms. The predicted molar refractivity (Wildman–Crippen MR) is 79.8 cm³/mol. The van der Waals surface area contributed by atoms with Gasteiger partial charge in [0, 0.05) is 5.69 Å². The normalized spacial score (nSPS) is 10.9. The van der Waals surface area contributed by atoms with Crippen LogP contribution < -0.4 is 5.32 Å². The van der Waals surface area contributed by atoms with Gasteiger partial charge in [-0.3, -0.25) is 4.79 Å². The Balaban J connectivity index is 2.21. The molecule has 0 aliphatic rings. The van der Waals surface area contributed by atoms with Gasteiger partial charge < -0.3 is 5.32 Å². The summed E-state index contributed by atoms with van der Waals surface area (Å²) in [4.78, 5) is 12.0. The summed E-state index contributed by atoms with van der Waals surface area (Å²) in [7, 11) is 0. The lowest BCUT2D eigenvalue weighted by atomic mass is 10.1. The van der Waals surface area contributed by atoms with E-state index in [1.807, 2.05) is 0 Å². The molecule has 1 N–H and O–H groups in total. The van der Waals surface area contributed by atoms with Crippen LogP contribution in [0.1, 0.15) is 11.1 Å². The van der Waals surface area contributed by atoms with Crippen LogP contribution in [0.3, 0.4) is 0 Å².